The molecule has 0 aromatic carbocycles. The molecule has 10 heavy (non-hydrogen) atoms. The molecule has 0 aliphatic carbocycles. The van der Waals surface area contributed by atoms with Crippen LogP contribution in [0.1, 0.15) is 24.8 Å². The summed E-state index contributed by atoms with van der Waals surface area (Å²) in [4.78, 5) is 4.03. The van der Waals surface area contributed by atoms with Crippen LogP contribution in [0.2, 0.25) is 0 Å². The molecule has 0 spiro atoms. The minimum absolute atomic E-state index is 0.924. The fraction of sp³-hybridized carbons (Fsp3) is 0.375. The summed E-state index contributed by atoms with van der Waals surface area (Å²) >= 11 is 1.59. The zero-order chi connectivity index (χ0) is 7.23. The van der Waals surface area contributed by atoms with E-state index in [0.29, 0.717) is 0 Å². The van der Waals surface area contributed by atoms with Gasteiger partial charge in [0.15, 0.2) is 5.01 Å². The summed E-state index contributed by atoms with van der Waals surface area (Å²) in [5.74, 6) is 6.02. The first-order valence-corrected chi connectivity index (χ1v) is 4.20. The van der Waals surface area contributed by atoms with Crippen molar-refractivity contribution in [3.8, 4) is 11.8 Å². The van der Waals surface area contributed by atoms with Gasteiger partial charge in [-0.25, -0.2) is 4.98 Å². The number of hydrogen-bond donors (Lipinski definition) is 0. The second-order valence-corrected chi connectivity index (χ2v) is 2.78. The average molecular weight is 151 g/mol. The fourth-order valence-electron chi connectivity index (χ4n) is 0.548. The number of thiazole rings is 1. The van der Waals surface area contributed by atoms with E-state index in [1.807, 2.05) is 5.38 Å². The Morgan fingerprint density at radius 3 is 3.20 bits per heavy atom. The maximum Gasteiger partial charge on any atom is 0.166 e. The van der Waals surface area contributed by atoms with Gasteiger partial charge in [0.1, 0.15) is 0 Å². The Labute approximate surface area is 65.1 Å². The molecule has 1 nitrogen and oxygen atoms in total. The third-order valence-corrected chi connectivity index (χ3v) is 1.69. The summed E-state index contributed by atoms with van der Waals surface area (Å²) in [6.45, 7) is 2.12. The lowest BCUT2D eigenvalue weighted by Gasteiger charge is -1.76. The number of hydrogen-bond acceptors (Lipinski definition) is 2. The van der Waals surface area contributed by atoms with Crippen molar-refractivity contribution >= 4 is 11.3 Å². The zero-order valence-electron chi connectivity index (χ0n) is 5.92. The standard InChI is InChI=1S/C8H9NS/c1-2-3-4-5-8-9-6-7-10-8/h6-7H,2-3H2,1H3. The van der Waals surface area contributed by atoms with Gasteiger partial charge in [0.2, 0.25) is 0 Å². The molecule has 0 unspecified atom stereocenters. The second kappa shape index (κ2) is 4.08. The summed E-state index contributed by atoms with van der Waals surface area (Å²) in [6.07, 6.45) is 3.87. The highest BCUT2D eigenvalue weighted by Crippen LogP contribution is 2.00. The quantitative estimate of drug-likeness (QED) is 0.561. The van der Waals surface area contributed by atoms with Crippen LogP contribution in [0.25, 0.3) is 0 Å². The predicted octanol–water partition coefficient (Wildman–Crippen LogP) is 2.29. The minimum atomic E-state index is 0.924. The van der Waals surface area contributed by atoms with E-state index in [-0.39, 0.29) is 0 Å². The minimum Gasteiger partial charge on any atom is -0.236 e. The van der Waals surface area contributed by atoms with Crippen LogP contribution < -0.4 is 0 Å². The molecule has 1 rings (SSSR count). The van der Waals surface area contributed by atoms with Crippen molar-refractivity contribution in [1.29, 1.82) is 0 Å². The summed E-state index contributed by atoms with van der Waals surface area (Å²) in [6, 6.07) is 0. The van der Waals surface area contributed by atoms with Crippen LogP contribution in [0.3, 0.4) is 0 Å². The predicted molar refractivity (Wildman–Crippen MR) is 43.9 cm³/mol. The van der Waals surface area contributed by atoms with E-state index >= 15 is 0 Å². The Balaban J connectivity index is 2.49. The first-order valence-electron chi connectivity index (χ1n) is 3.32. The average Bonchev–Trinajstić information content (AvgIpc) is 2.41. The van der Waals surface area contributed by atoms with E-state index in [1.54, 1.807) is 17.5 Å². The van der Waals surface area contributed by atoms with Crippen LogP contribution in [0.5, 0.6) is 0 Å². The number of unbranched alkanes of at least 4 members (excludes halogenated alkanes) is 1. The third kappa shape index (κ3) is 2.20. The SMILES string of the molecule is CCCC#Cc1nccs1. The summed E-state index contributed by atoms with van der Waals surface area (Å²) in [7, 11) is 0. The van der Waals surface area contributed by atoms with E-state index in [2.05, 4.69) is 23.7 Å². The van der Waals surface area contributed by atoms with Gasteiger partial charge in [-0.15, -0.1) is 11.3 Å². The Bertz CT molecular complexity index is 228. The van der Waals surface area contributed by atoms with Crippen LogP contribution in [0.4, 0.5) is 0 Å². The molecule has 1 heterocycles. The van der Waals surface area contributed by atoms with Crippen molar-refractivity contribution in [1.82, 2.24) is 4.98 Å². The van der Waals surface area contributed by atoms with Crippen molar-refractivity contribution < 1.29 is 0 Å². The molecule has 0 aliphatic heterocycles. The van der Waals surface area contributed by atoms with Gasteiger partial charge in [-0.1, -0.05) is 12.8 Å². The third-order valence-electron chi connectivity index (χ3n) is 1.00. The van der Waals surface area contributed by atoms with E-state index in [0.717, 1.165) is 17.8 Å². The normalized spacial score (nSPS) is 8.50. The molecule has 0 amide bonds. The molecule has 1 aromatic rings. The van der Waals surface area contributed by atoms with Gasteiger partial charge in [-0.3, -0.25) is 0 Å². The smallest absolute Gasteiger partial charge is 0.166 e. The molecular formula is C8H9NS. The monoisotopic (exact) mass is 151 g/mol. The lowest BCUT2D eigenvalue weighted by Crippen LogP contribution is -1.67. The first-order chi connectivity index (χ1) is 4.93. The van der Waals surface area contributed by atoms with Crippen molar-refractivity contribution in [2.24, 2.45) is 0 Å². The van der Waals surface area contributed by atoms with Crippen LogP contribution >= 0.6 is 11.3 Å². The first kappa shape index (κ1) is 7.30. The Morgan fingerprint density at radius 1 is 1.70 bits per heavy atom. The fourth-order valence-corrected chi connectivity index (χ4v) is 1.05. The highest BCUT2D eigenvalue weighted by molar-refractivity contribution is 7.10. The maximum atomic E-state index is 4.03. The van der Waals surface area contributed by atoms with Gasteiger partial charge in [-0.2, -0.15) is 0 Å². The molecule has 0 fully saturated rings. The largest absolute Gasteiger partial charge is 0.236 e. The Hall–Kier alpha value is -0.810. The lowest BCUT2D eigenvalue weighted by atomic mass is 10.3. The zero-order valence-corrected chi connectivity index (χ0v) is 6.74. The van der Waals surface area contributed by atoms with Crippen molar-refractivity contribution in [2.75, 3.05) is 0 Å². The van der Waals surface area contributed by atoms with E-state index < -0.39 is 0 Å². The maximum absolute atomic E-state index is 4.03. The Kier molecular flexibility index (Phi) is 2.98. The molecular weight excluding hydrogens is 142 g/mol. The number of aromatic nitrogens is 1. The van der Waals surface area contributed by atoms with Crippen molar-refractivity contribution in [3.63, 3.8) is 0 Å². The number of rotatable bonds is 1. The lowest BCUT2D eigenvalue weighted by molar-refractivity contribution is 0.983. The molecule has 52 valence electrons. The molecule has 1 aromatic heterocycles. The van der Waals surface area contributed by atoms with E-state index in [9.17, 15) is 0 Å². The van der Waals surface area contributed by atoms with Crippen LogP contribution in [0, 0.1) is 11.8 Å². The highest BCUT2D eigenvalue weighted by atomic mass is 32.1. The van der Waals surface area contributed by atoms with Crippen LogP contribution in [-0.2, 0) is 0 Å². The number of nitrogens with zero attached hydrogens (tertiary/aromatic N) is 1. The Morgan fingerprint density at radius 2 is 2.60 bits per heavy atom. The molecule has 0 saturated carbocycles. The van der Waals surface area contributed by atoms with Crippen LogP contribution in [0.15, 0.2) is 11.6 Å². The second-order valence-electron chi connectivity index (χ2n) is 1.89. The molecule has 0 bridgehead atoms. The van der Waals surface area contributed by atoms with E-state index in [4.69, 9.17) is 0 Å². The summed E-state index contributed by atoms with van der Waals surface area (Å²) in [5, 5.41) is 2.86. The van der Waals surface area contributed by atoms with Gasteiger partial charge in [0, 0.05) is 18.0 Å². The van der Waals surface area contributed by atoms with Crippen LogP contribution in [-0.4, -0.2) is 4.98 Å². The summed E-state index contributed by atoms with van der Waals surface area (Å²) in [5.41, 5.74) is 0. The molecule has 0 N–H and O–H groups in total. The van der Waals surface area contributed by atoms with Gasteiger partial charge >= 0.3 is 0 Å². The molecule has 0 aliphatic rings. The van der Waals surface area contributed by atoms with Gasteiger partial charge in [0.05, 0.1) is 0 Å². The van der Waals surface area contributed by atoms with Crippen molar-refractivity contribution in [3.05, 3.63) is 16.6 Å². The molecule has 0 saturated heterocycles. The van der Waals surface area contributed by atoms with Gasteiger partial charge < -0.3 is 0 Å². The van der Waals surface area contributed by atoms with Gasteiger partial charge in [-0.05, 0) is 12.3 Å². The molecule has 2 heteroatoms. The van der Waals surface area contributed by atoms with Crippen molar-refractivity contribution in [2.45, 2.75) is 19.8 Å². The molecule has 0 radical (unpaired) electrons. The molecule has 0 atom stereocenters. The highest BCUT2D eigenvalue weighted by Gasteiger charge is 1.83. The summed E-state index contributed by atoms with van der Waals surface area (Å²) < 4.78 is 0. The van der Waals surface area contributed by atoms with E-state index in [1.165, 1.54) is 0 Å². The van der Waals surface area contributed by atoms with Gasteiger partial charge in [0.25, 0.3) is 0 Å². The topological polar surface area (TPSA) is 12.9 Å².